The number of hydrogen-bond acceptors (Lipinski definition) is 3. The van der Waals surface area contributed by atoms with Gasteiger partial charge in [0, 0.05) is 24.3 Å². The molecule has 2 N–H and O–H groups in total. The molecule has 1 atom stereocenters. The number of aryl methyl sites for hydroxylation is 1. The second kappa shape index (κ2) is 9.31. The lowest BCUT2D eigenvalue weighted by atomic mass is 10.1. The molecule has 0 spiro atoms. The molecule has 140 valence electrons. The van der Waals surface area contributed by atoms with Crippen molar-refractivity contribution in [3.63, 3.8) is 0 Å². The fourth-order valence-corrected chi connectivity index (χ4v) is 3.22. The van der Waals surface area contributed by atoms with Crippen molar-refractivity contribution >= 4 is 46.2 Å². The fourth-order valence-electron chi connectivity index (χ4n) is 2.50. The highest BCUT2D eigenvalue weighted by atomic mass is 127. The number of guanidine groups is 1. The van der Waals surface area contributed by atoms with E-state index in [0.717, 1.165) is 22.8 Å². The molecule has 0 aliphatic heterocycles. The third-order valence-corrected chi connectivity index (χ3v) is 4.71. The Hall–Kier alpha value is -1.68. The number of fused-ring (bicyclic) bond motifs is 1. The molecule has 8 heteroatoms. The zero-order chi connectivity index (χ0) is 17.8. The Morgan fingerprint density at radius 3 is 2.92 bits per heavy atom. The summed E-state index contributed by atoms with van der Waals surface area (Å²) >= 11 is 1.60. The van der Waals surface area contributed by atoms with Gasteiger partial charge in [0.1, 0.15) is 5.82 Å². The van der Waals surface area contributed by atoms with Crippen molar-refractivity contribution in [2.75, 3.05) is 6.54 Å². The van der Waals surface area contributed by atoms with Crippen molar-refractivity contribution in [1.82, 2.24) is 20.0 Å². The Bertz CT molecular complexity index is 860. The molecule has 5 nitrogen and oxygen atoms in total. The summed E-state index contributed by atoms with van der Waals surface area (Å²) in [5.41, 5.74) is 2.45. The van der Waals surface area contributed by atoms with Gasteiger partial charge in [0.2, 0.25) is 0 Å². The van der Waals surface area contributed by atoms with E-state index >= 15 is 0 Å². The summed E-state index contributed by atoms with van der Waals surface area (Å²) < 4.78 is 15.8. The molecule has 0 radical (unpaired) electrons. The Balaban J connectivity index is 0.00000243. The molecule has 0 fully saturated rings. The Kier molecular flexibility index (Phi) is 7.39. The van der Waals surface area contributed by atoms with Crippen molar-refractivity contribution < 1.29 is 4.39 Å². The molecule has 1 aromatic carbocycles. The number of halogens is 2. The summed E-state index contributed by atoms with van der Waals surface area (Å²) in [7, 11) is 0. The third-order valence-electron chi connectivity index (χ3n) is 3.94. The van der Waals surface area contributed by atoms with Crippen LogP contribution in [0, 0.1) is 12.7 Å². The molecule has 0 bridgehead atoms. The van der Waals surface area contributed by atoms with Crippen molar-refractivity contribution in [1.29, 1.82) is 0 Å². The molecule has 0 aliphatic carbocycles. The minimum absolute atomic E-state index is 0. The third kappa shape index (κ3) is 4.94. The molecule has 0 amide bonds. The zero-order valence-electron chi connectivity index (χ0n) is 15.0. The highest BCUT2D eigenvalue weighted by molar-refractivity contribution is 14.0. The number of thiazole rings is 1. The van der Waals surface area contributed by atoms with Crippen LogP contribution in [0.15, 0.2) is 41.0 Å². The summed E-state index contributed by atoms with van der Waals surface area (Å²) in [5.74, 6) is 0.499. The second-order valence-corrected chi connectivity index (χ2v) is 6.77. The number of aromatic nitrogens is 2. The highest BCUT2D eigenvalue weighted by Gasteiger charge is 2.10. The van der Waals surface area contributed by atoms with Crippen LogP contribution in [0.3, 0.4) is 0 Å². The van der Waals surface area contributed by atoms with Crippen LogP contribution < -0.4 is 10.6 Å². The van der Waals surface area contributed by atoms with Gasteiger partial charge in [-0.3, -0.25) is 4.40 Å². The largest absolute Gasteiger partial charge is 0.357 e. The maximum atomic E-state index is 13.8. The Morgan fingerprint density at radius 2 is 2.23 bits per heavy atom. The molecule has 3 rings (SSSR count). The van der Waals surface area contributed by atoms with Crippen LogP contribution in [0.2, 0.25) is 0 Å². The monoisotopic (exact) mass is 487 g/mol. The van der Waals surface area contributed by atoms with Crippen LogP contribution in [0.25, 0.3) is 4.96 Å². The van der Waals surface area contributed by atoms with E-state index in [1.54, 1.807) is 30.4 Å². The number of nitrogens with zero attached hydrogens (tertiary/aromatic N) is 3. The molecule has 3 aromatic rings. The molecule has 0 aliphatic rings. The summed E-state index contributed by atoms with van der Waals surface area (Å²) in [6, 6.07) is 5.24. The smallest absolute Gasteiger partial charge is 0.193 e. The van der Waals surface area contributed by atoms with E-state index in [1.165, 1.54) is 0 Å². The first-order valence-corrected chi connectivity index (χ1v) is 9.16. The van der Waals surface area contributed by atoms with Gasteiger partial charge in [-0.05, 0) is 38.0 Å². The van der Waals surface area contributed by atoms with Crippen LogP contribution in [-0.2, 0) is 6.54 Å². The van der Waals surface area contributed by atoms with E-state index in [9.17, 15) is 4.39 Å². The van der Waals surface area contributed by atoms with Crippen molar-refractivity contribution in [2.45, 2.75) is 33.4 Å². The highest BCUT2D eigenvalue weighted by Crippen LogP contribution is 2.16. The predicted molar refractivity (Wildman–Crippen MR) is 116 cm³/mol. The van der Waals surface area contributed by atoms with E-state index in [2.05, 4.69) is 20.6 Å². The average molecular weight is 487 g/mol. The van der Waals surface area contributed by atoms with E-state index in [4.69, 9.17) is 0 Å². The lowest BCUT2D eigenvalue weighted by Crippen LogP contribution is -2.38. The van der Waals surface area contributed by atoms with Crippen LogP contribution >= 0.6 is 35.3 Å². The summed E-state index contributed by atoms with van der Waals surface area (Å²) in [6.45, 7) is 7.00. The maximum Gasteiger partial charge on any atom is 0.193 e. The minimum atomic E-state index is -0.189. The Morgan fingerprint density at radius 1 is 1.42 bits per heavy atom. The van der Waals surface area contributed by atoms with Crippen LogP contribution in [-0.4, -0.2) is 21.9 Å². The van der Waals surface area contributed by atoms with Gasteiger partial charge in [-0.2, -0.15) is 0 Å². The molecule has 2 heterocycles. The van der Waals surface area contributed by atoms with Gasteiger partial charge in [0.25, 0.3) is 0 Å². The topological polar surface area (TPSA) is 53.7 Å². The minimum Gasteiger partial charge on any atom is -0.357 e. The lowest BCUT2D eigenvalue weighted by molar-refractivity contribution is 0.607. The number of rotatable bonds is 5. The van der Waals surface area contributed by atoms with Gasteiger partial charge in [-0.25, -0.2) is 14.4 Å². The second-order valence-electron chi connectivity index (χ2n) is 5.89. The summed E-state index contributed by atoms with van der Waals surface area (Å²) in [6.07, 6.45) is 3.97. The first-order valence-electron chi connectivity index (χ1n) is 8.28. The maximum absolute atomic E-state index is 13.8. The number of aliphatic imine (C=N–C) groups is 1. The lowest BCUT2D eigenvalue weighted by Gasteiger charge is -2.18. The zero-order valence-corrected chi connectivity index (χ0v) is 18.1. The first-order chi connectivity index (χ1) is 12.1. The molecule has 26 heavy (non-hydrogen) atoms. The number of nitrogens with one attached hydrogen (secondary N) is 2. The summed E-state index contributed by atoms with van der Waals surface area (Å²) in [4.78, 5) is 10.1. The van der Waals surface area contributed by atoms with E-state index in [1.807, 2.05) is 42.1 Å². The van der Waals surface area contributed by atoms with Crippen molar-refractivity contribution in [3.05, 3.63) is 58.6 Å². The molecular weight excluding hydrogens is 464 g/mol. The number of hydrogen-bond donors (Lipinski definition) is 2. The summed E-state index contributed by atoms with van der Waals surface area (Å²) in [5, 5.41) is 8.54. The molecule has 2 aromatic heterocycles. The van der Waals surface area contributed by atoms with E-state index in [0.29, 0.717) is 18.1 Å². The average Bonchev–Trinajstić information content (AvgIpc) is 3.16. The van der Waals surface area contributed by atoms with Gasteiger partial charge in [0.15, 0.2) is 10.9 Å². The van der Waals surface area contributed by atoms with Crippen molar-refractivity contribution in [3.8, 4) is 0 Å². The van der Waals surface area contributed by atoms with Crippen LogP contribution in [0.1, 0.15) is 36.7 Å². The fraction of sp³-hybridized carbons (Fsp3) is 0.333. The molecule has 0 saturated heterocycles. The van der Waals surface area contributed by atoms with Gasteiger partial charge in [-0.15, -0.1) is 35.3 Å². The Labute approximate surface area is 173 Å². The molecule has 1 unspecified atom stereocenters. The number of imidazole rings is 1. The normalized spacial score (nSPS) is 12.7. The first kappa shape index (κ1) is 20.6. The van der Waals surface area contributed by atoms with Crippen LogP contribution in [0.4, 0.5) is 4.39 Å². The molecular formula is C18H23FIN5S. The van der Waals surface area contributed by atoms with Gasteiger partial charge >= 0.3 is 0 Å². The number of benzene rings is 1. The van der Waals surface area contributed by atoms with Crippen LogP contribution in [0.5, 0.6) is 0 Å². The van der Waals surface area contributed by atoms with E-state index in [-0.39, 0.29) is 35.8 Å². The standard InChI is InChI=1S/C18H22FN5S.HI/c1-4-20-17(21-10-15-11-24-7-8-25-18(24)23-15)22-13(3)14-6-5-12(2)16(19)9-14;/h5-9,11,13H,4,10H2,1-3H3,(H2,20,21,22);1H. The van der Waals surface area contributed by atoms with Crippen molar-refractivity contribution in [2.24, 2.45) is 4.99 Å². The quantitative estimate of drug-likeness (QED) is 0.321. The SMILES string of the molecule is CCNC(=NCc1cn2ccsc2n1)NC(C)c1ccc(C)c(F)c1.I. The molecule has 0 saturated carbocycles. The van der Waals surface area contributed by atoms with E-state index < -0.39 is 0 Å². The predicted octanol–water partition coefficient (Wildman–Crippen LogP) is 4.28. The van der Waals surface area contributed by atoms with Gasteiger partial charge in [0.05, 0.1) is 18.3 Å². The van der Waals surface area contributed by atoms with Gasteiger partial charge < -0.3 is 10.6 Å². The van der Waals surface area contributed by atoms with Gasteiger partial charge in [-0.1, -0.05) is 12.1 Å².